The minimum atomic E-state index is -0.713. The lowest BCUT2D eigenvalue weighted by Crippen LogP contribution is -2.29. The van der Waals surface area contributed by atoms with Crippen molar-refractivity contribution in [2.24, 2.45) is 0 Å². The standard InChI is InChI=1S/C28H27N3O5/c1-31(2)19-12-10-18(11-13-19)27(33)29-16-21-25(28(34)36-4)30-24-20(26(21)32)14-15-22(35-3)23(24)17-8-6-5-7-9-17/h5-15H,16H2,1-4H3,(H,29,33)(H,30,32). The van der Waals surface area contributed by atoms with Crippen LogP contribution in [0.1, 0.15) is 26.4 Å². The number of H-pyrrole nitrogens is 1. The first-order valence-corrected chi connectivity index (χ1v) is 11.3. The van der Waals surface area contributed by atoms with Crippen LogP contribution in [0.15, 0.2) is 71.5 Å². The van der Waals surface area contributed by atoms with E-state index in [0.29, 0.717) is 27.8 Å². The van der Waals surface area contributed by atoms with Crippen molar-refractivity contribution in [3.05, 3.63) is 93.8 Å². The van der Waals surface area contributed by atoms with E-state index in [-0.39, 0.29) is 29.1 Å². The number of hydrogen-bond acceptors (Lipinski definition) is 6. The van der Waals surface area contributed by atoms with Crippen LogP contribution in [0.5, 0.6) is 5.75 Å². The summed E-state index contributed by atoms with van der Waals surface area (Å²) in [5.41, 5.74) is 3.00. The summed E-state index contributed by atoms with van der Waals surface area (Å²) in [6, 6.07) is 19.9. The van der Waals surface area contributed by atoms with Crippen molar-refractivity contribution in [3.63, 3.8) is 0 Å². The second-order valence-electron chi connectivity index (χ2n) is 8.35. The molecular weight excluding hydrogens is 458 g/mol. The molecule has 1 amide bonds. The molecule has 0 saturated carbocycles. The molecule has 8 heteroatoms. The van der Waals surface area contributed by atoms with Crippen molar-refractivity contribution in [1.29, 1.82) is 0 Å². The molecule has 0 aliphatic heterocycles. The van der Waals surface area contributed by atoms with Gasteiger partial charge in [-0.05, 0) is 42.0 Å². The number of amides is 1. The second kappa shape index (κ2) is 10.4. The monoisotopic (exact) mass is 485 g/mol. The van der Waals surface area contributed by atoms with Crippen LogP contribution in [0, 0.1) is 0 Å². The molecule has 4 rings (SSSR count). The summed E-state index contributed by atoms with van der Waals surface area (Å²) in [6.07, 6.45) is 0. The fourth-order valence-electron chi connectivity index (χ4n) is 4.07. The summed E-state index contributed by atoms with van der Waals surface area (Å²) in [6.45, 7) is -0.156. The molecule has 3 aromatic carbocycles. The number of pyridine rings is 1. The van der Waals surface area contributed by atoms with E-state index in [2.05, 4.69) is 10.3 Å². The number of methoxy groups -OCH3 is 2. The fourth-order valence-corrected chi connectivity index (χ4v) is 4.07. The first-order chi connectivity index (χ1) is 17.3. The van der Waals surface area contributed by atoms with Gasteiger partial charge in [-0.2, -0.15) is 0 Å². The number of fused-ring (bicyclic) bond motifs is 1. The Kier molecular flexibility index (Phi) is 7.05. The molecule has 0 aliphatic carbocycles. The van der Waals surface area contributed by atoms with Gasteiger partial charge >= 0.3 is 5.97 Å². The van der Waals surface area contributed by atoms with Gasteiger partial charge in [0, 0.05) is 42.8 Å². The topological polar surface area (TPSA) is 101 Å². The van der Waals surface area contributed by atoms with Crippen LogP contribution in [-0.2, 0) is 11.3 Å². The van der Waals surface area contributed by atoms with Gasteiger partial charge in [-0.25, -0.2) is 4.79 Å². The van der Waals surface area contributed by atoms with Crippen molar-refractivity contribution in [1.82, 2.24) is 10.3 Å². The van der Waals surface area contributed by atoms with Crippen molar-refractivity contribution in [2.75, 3.05) is 33.2 Å². The average Bonchev–Trinajstić information content (AvgIpc) is 2.91. The molecule has 4 aromatic rings. The van der Waals surface area contributed by atoms with Gasteiger partial charge in [0.15, 0.2) is 5.43 Å². The van der Waals surface area contributed by atoms with Crippen LogP contribution in [-0.4, -0.2) is 45.2 Å². The molecule has 0 unspecified atom stereocenters. The molecule has 0 fully saturated rings. The van der Waals surface area contributed by atoms with Crippen LogP contribution in [0.2, 0.25) is 0 Å². The molecule has 0 aliphatic rings. The van der Waals surface area contributed by atoms with Gasteiger partial charge in [-0.15, -0.1) is 0 Å². The van der Waals surface area contributed by atoms with Gasteiger partial charge in [0.1, 0.15) is 11.4 Å². The van der Waals surface area contributed by atoms with E-state index in [1.807, 2.05) is 61.5 Å². The lowest BCUT2D eigenvalue weighted by molar-refractivity contribution is 0.0592. The zero-order chi connectivity index (χ0) is 25.8. The molecule has 0 spiro atoms. The molecule has 2 N–H and O–H groups in total. The third kappa shape index (κ3) is 4.65. The van der Waals surface area contributed by atoms with Crippen LogP contribution in [0.3, 0.4) is 0 Å². The van der Waals surface area contributed by atoms with Crippen molar-refractivity contribution >= 4 is 28.5 Å². The number of hydrogen-bond donors (Lipinski definition) is 2. The number of nitrogens with zero attached hydrogens (tertiary/aromatic N) is 1. The van der Waals surface area contributed by atoms with Crippen molar-refractivity contribution in [2.45, 2.75) is 6.54 Å². The van der Waals surface area contributed by atoms with E-state index < -0.39 is 5.97 Å². The quantitative estimate of drug-likeness (QED) is 0.384. The first kappa shape index (κ1) is 24.5. The van der Waals surface area contributed by atoms with E-state index in [4.69, 9.17) is 9.47 Å². The van der Waals surface area contributed by atoms with Crippen molar-refractivity contribution < 1.29 is 19.1 Å². The zero-order valence-electron chi connectivity index (χ0n) is 20.5. The normalized spacial score (nSPS) is 10.7. The summed E-state index contributed by atoms with van der Waals surface area (Å²) in [4.78, 5) is 44.1. The zero-order valence-corrected chi connectivity index (χ0v) is 20.5. The highest BCUT2D eigenvalue weighted by Gasteiger charge is 2.22. The SMILES string of the molecule is COC(=O)c1[nH]c2c(-c3ccccc3)c(OC)ccc2c(=O)c1CNC(=O)c1ccc(N(C)C)cc1. The molecule has 0 saturated heterocycles. The Morgan fingerprint density at radius 1 is 0.944 bits per heavy atom. The van der Waals surface area contributed by atoms with Crippen LogP contribution in [0.4, 0.5) is 5.69 Å². The molecule has 8 nitrogen and oxygen atoms in total. The Labute approximate surface area is 208 Å². The maximum atomic E-state index is 13.6. The number of rotatable bonds is 7. The summed E-state index contributed by atoms with van der Waals surface area (Å²) >= 11 is 0. The van der Waals surface area contributed by atoms with Gasteiger partial charge in [0.05, 0.1) is 25.3 Å². The van der Waals surface area contributed by atoms with Crippen molar-refractivity contribution in [3.8, 4) is 16.9 Å². The predicted octanol–water partition coefficient (Wildman–Crippen LogP) is 3.99. The van der Waals surface area contributed by atoms with Gasteiger partial charge in [0.2, 0.25) is 0 Å². The number of esters is 1. The maximum absolute atomic E-state index is 13.6. The van der Waals surface area contributed by atoms with Crippen LogP contribution in [0.25, 0.3) is 22.0 Å². The Hall–Kier alpha value is -4.59. The highest BCUT2D eigenvalue weighted by atomic mass is 16.5. The average molecular weight is 486 g/mol. The van der Waals surface area contributed by atoms with Gasteiger partial charge in [-0.1, -0.05) is 30.3 Å². The number of nitrogens with one attached hydrogen (secondary N) is 2. The number of benzene rings is 3. The van der Waals surface area contributed by atoms with E-state index in [1.54, 1.807) is 31.4 Å². The molecule has 0 radical (unpaired) electrons. The lowest BCUT2D eigenvalue weighted by Gasteiger charge is -2.16. The van der Waals surface area contributed by atoms with Gasteiger partial charge in [0.25, 0.3) is 5.91 Å². The smallest absolute Gasteiger partial charge is 0.354 e. The summed E-state index contributed by atoms with van der Waals surface area (Å²) < 4.78 is 10.5. The van der Waals surface area contributed by atoms with Crippen LogP contribution >= 0.6 is 0 Å². The lowest BCUT2D eigenvalue weighted by atomic mass is 9.98. The number of aromatic nitrogens is 1. The molecule has 1 aromatic heterocycles. The molecule has 1 heterocycles. The Morgan fingerprint density at radius 3 is 2.25 bits per heavy atom. The number of aromatic amines is 1. The molecule has 36 heavy (non-hydrogen) atoms. The minimum Gasteiger partial charge on any atom is -0.496 e. The van der Waals surface area contributed by atoms with E-state index in [0.717, 1.165) is 11.3 Å². The minimum absolute atomic E-state index is 0.0244. The largest absolute Gasteiger partial charge is 0.496 e. The van der Waals surface area contributed by atoms with E-state index in [9.17, 15) is 14.4 Å². The highest BCUT2D eigenvalue weighted by molar-refractivity contribution is 6.01. The molecular formula is C28H27N3O5. The Bertz CT molecular complexity index is 1480. The maximum Gasteiger partial charge on any atom is 0.354 e. The third-order valence-electron chi connectivity index (χ3n) is 5.98. The fraction of sp³-hybridized carbons (Fsp3) is 0.179. The number of anilines is 1. The van der Waals surface area contributed by atoms with Gasteiger partial charge < -0.3 is 24.7 Å². The Morgan fingerprint density at radius 2 is 1.64 bits per heavy atom. The highest BCUT2D eigenvalue weighted by Crippen LogP contribution is 2.35. The number of carbonyl (C=O) groups is 2. The summed E-state index contributed by atoms with van der Waals surface area (Å²) in [5, 5.41) is 3.12. The predicted molar refractivity (Wildman–Crippen MR) is 140 cm³/mol. The van der Waals surface area contributed by atoms with Gasteiger partial charge in [-0.3, -0.25) is 9.59 Å². The second-order valence-corrected chi connectivity index (χ2v) is 8.35. The summed E-state index contributed by atoms with van der Waals surface area (Å²) in [5.74, 6) is -0.534. The molecule has 0 atom stereocenters. The van der Waals surface area contributed by atoms with E-state index >= 15 is 0 Å². The molecule has 184 valence electrons. The van der Waals surface area contributed by atoms with Crippen LogP contribution < -0.4 is 20.4 Å². The van der Waals surface area contributed by atoms with E-state index in [1.165, 1.54) is 7.11 Å². The number of ether oxygens (including phenoxy) is 2. The number of carbonyl (C=O) groups excluding carboxylic acids is 2. The first-order valence-electron chi connectivity index (χ1n) is 11.3. The third-order valence-corrected chi connectivity index (χ3v) is 5.98. The summed E-state index contributed by atoms with van der Waals surface area (Å²) in [7, 11) is 6.60. The Balaban J connectivity index is 1.79. The molecule has 0 bridgehead atoms.